The summed E-state index contributed by atoms with van der Waals surface area (Å²) in [5.74, 6) is 1.37. The molecule has 1 aliphatic heterocycles. The number of fused-ring (bicyclic) bond motifs is 1. The number of rotatable bonds is 2. The van der Waals surface area contributed by atoms with E-state index in [2.05, 4.69) is 11.2 Å². The maximum atomic E-state index is 8.11. The van der Waals surface area contributed by atoms with E-state index >= 15 is 0 Å². The Morgan fingerprint density at radius 2 is 2.24 bits per heavy atom. The van der Waals surface area contributed by atoms with Gasteiger partial charge in [0, 0.05) is 18.2 Å². The van der Waals surface area contributed by atoms with Crippen LogP contribution in [0.5, 0.6) is 0 Å². The molecule has 1 aliphatic rings. The van der Waals surface area contributed by atoms with Crippen molar-refractivity contribution in [1.82, 2.24) is 10.1 Å². The second-order valence-corrected chi connectivity index (χ2v) is 4.30. The fraction of sp³-hybridized carbons (Fsp3) is 0.231. The average Bonchev–Trinajstić information content (AvgIpc) is 2.86. The van der Waals surface area contributed by atoms with Gasteiger partial charge in [-0.1, -0.05) is 29.4 Å². The van der Waals surface area contributed by atoms with E-state index in [0.29, 0.717) is 12.4 Å². The van der Waals surface area contributed by atoms with E-state index in [1.165, 1.54) is 5.56 Å². The highest BCUT2D eigenvalue weighted by atomic mass is 16.5. The van der Waals surface area contributed by atoms with Crippen molar-refractivity contribution >= 4 is 5.84 Å². The minimum Gasteiger partial charge on any atom is -0.359 e. The zero-order valence-corrected chi connectivity index (χ0v) is 9.60. The first-order valence-corrected chi connectivity index (χ1v) is 5.58. The molecule has 2 aromatic rings. The lowest BCUT2D eigenvalue weighted by molar-refractivity contribution is 0.318. The van der Waals surface area contributed by atoms with Gasteiger partial charge in [-0.15, -0.1) is 0 Å². The van der Waals surface area contributed by atoms with Crippen LogP contribution in [0, 0.1) is 12.3 Å². The smallest absolute Gasteiger partial charge is 0.156 e. The van der Waals surface area contributed by atoms with Crippen molar-refractivity contribution in [1.29, 1.82) is 5.41 Å². The molecule has 17 heavy (non-hydrogen) atoms. The van der Waals surface area contributed by atoms with Gasteiger partial charge >= 0.3 is 0 Å². The third kappa shape index (κ3) is 1.71. The zero-order valence-electron chi connectivity index (χ0n) is 9.60. The van der Waals surface area contributed by atoms with Gasteiger partial charge in [0.2, 0.25) is 0 Å². The van der Waals surface area contributed by atoms with Crippen LogP contribution < -0.4 is 0 Å². The molecule has 0 atom stereocenters. The fourth-order valence-corrected chi connectivity index (χ4v) is 2.16. The molecule has 0 saturated heterocycles. The molecular formula is C13H13N3O. The number of aromatic nitrogens is 1. The van der Waals surface area contributed by atoms with Gasteiger partial charge in [0.15, 0.2) is 5.76 Å². The summed E-state index contributed by atoms with van der Waals surface area (Å²) in [6.45, 7) is 3.28. The lowest BCUT2D eigenvalue weighted by atomic mass is 10.1. The second-order valence-electron chi connectivity index (χ2n) is 4.30. The van der Waals surface area contributed by atoms with Crippen LogP contribution in [0.3, 0.4) is 0 Å². The third-order valence-electron chi connectivity index (χ3n) is 2.97. The van der Waals surface area contributed by atoms with Crippen molar-refractivity contribution in [3.63, 3.8) is 0 Å². The lowest BCUT2D eigenvalue weighted by Gasteiger charge is -2.15. The van der Waals surface area contributed by atoms with Crippen LogP contribution in [0.1, 0.15) is 22.6 Å². The number of nitrogens with zero attached hydrogens (tertiary/aromatic N) is 2. The minimum atomic E-state index is 0.564. The van der Waals surface area contributed by atoms with Crippen LogP contribution in [0.4, 0.5) is 0 Å². The van der Waals surface area contributed by atoms with E-state index in [4.69, 9.17) is 9.93 Å². The zero-order chi connectivity index (χ0) is 11.8. The molecule has 0 spiro atoms. The van der Waals surface area contributed by atoms with E-state index in [9.17, 15) is 0 Å². The van der Waals surface area contributed by atoms with Crippen LogP contribution in [-0.4, -0.2) is 15.9 Å². The Bertz CT molecular complexity index is 574. The second kappa shape index (κ2) is 3.73. The summed E-state index contributed by atoms with van der Waals surface area (Å²) in [6, 6.07) is 9.94. The van der Waals surface area contributed by atoms with Crippen LogP contribution in [0.25, 0.3) is 0 Å². The van der Waals surface area contributed by atoms with Crippen LogP contribution >= 0.6 is 0 Å². The first-order valence-electron chi connectivity index (χ1n) is 5.58. The van der Waals surface area contributed by atoms with Crippen molar-refractivity contribution in [2.75, 3.05) is 0 Å². The highest BCUT2D eigenvalue weighted by Gasteiger charge is 2.24. The Labute approximate surface area is 99.4 Å². The van der Waals surface area contributed by atoms with E-state index in [0.717, 1.165) is 23.6 Å². The molecule has 0 unspecified atom stereocenters. The number of benzene rings is 1. The van der Waals surface area contributed by atoms with Crippen molar-refractivity contribution in [3.05, 3.63) is 52.9 Å². The van der Waals surface area contributed by atoms with Gasteiger partial charge < -0.3 is 9.42 Å². The van der Waals surface area contributed by atoms with Gasteiger partial charge in [-0.05, 0) is 12.5 Å². The first-order chi connectivity index (χ1) is 8.24. The molecule has 1 aromatic carbocycles. The molecule has 4 heteroatoms. The fourth-order valence-electron chi connectivity index (χ4n) is 2.16. The molecule has 4 nitrogen and oxygen atoms in total. The number of hydrogen-bond donors (Lipinski definition) is 1. The van der Waals surface area contributed by atoms with E-state index < -0.39 is 0 Å². The summed E-state index contributed by atoms with van der Waals surface area (Å²) in [6.07, 6.45) is 0. The maximum absolute atomic E-state index is 8.11. The van der Waals surface area contributed by atoms with Gasteiger partial charge in [-0.3, -0.25) is 5.41 Å². The van der Waals surface area contributed by atoms with Gasteiger partial charge in [0.05, 0.1) is 12.2 Å². The van der Waals surface area contributed by atoms with Gasteiger partial charge in [-0.2, -0.15) is 0 Å². The minimum absolute atomic E-state index is 0.564. The van der Waals surface area contributed by atoms with E-state index in [-0.39, 0.29) is 0 Å². The molecule has 0 radical (unpaired) electrons. The predicted octanol–water partition coefficient (Wildman–Crippen LogP) is 2.32. The summed E-state index contributed by atoms with van der Waals surface area (Å²) in [7, 11) is 0. The lowest BCUT2D eigenvalue weighted by Crippen LogP contribution is -2.22. The molecule has 0 aliphatic carbocycles. The van der Waals surface area contributed by atoms with Gasteiger partial charge in [0.1, 0.15) is 5.84 Å². The Kier molecular flexibility index (Phi) is 2.21. The van der Waals surface area contributed by atoms with Crippen molar-refractivity contribution in [2.45, 2.75) is 20.0 Å². The van der Waals surface area contributed by atoms with Crippen LogP contribution in [-0.2, 0) is 13.1 Å². The Balaban J connectivity index is 1.82. The molecular weight excluding hydrogens is 214 g/mol. The SMILES string of the molecule is Cc1cc(CN2Cc3ccccc3C2=N)on1. The van der Waals surface area contributed by atoms with Crippen molar-refractivity contribution in [3.8, 4) is 0 Å². The summed E-state index contributed by atoms with van der Waals surface area (Å²) >= 11 is 0. The summed E-state index contributed by atoms with van der Waals surface area (Å²) < 4.78 is 5.19. The summed E-state index contributed by atoms with van der Waals surface area (Å²) in [5, 5.41) is 12.0. The standard InChI is InChI=1S/C13H13N3O/c1-9-6-11(17-15-9)8-16-7-10-4-2-3-5-12(10)13(16)14/h2-6,14H,7-8H2,1H3. The third-order valence-corrected chi connectivity index (χ3v) is 2.97. The number of nitrogens with one attached hydrogen (secondary N) is 1. The van der Waals surface area contributed by atoms with Crippen molar-refractivity contribution in [2.24, 2.45) is 0 Å². The number of amidine groups is 1. The summed E-state index contributed by atoms with van der Waals surface area (Å²) in [4.78, 5) is 1.99. The Morgan fingerprint density at radius 3 is 2.94 bits per heavy atom. The normalized spacial score (nSPS) is 14.2. The largest absolute Gasteiger partial charge is 0.359 e. The van der Waals surface area contributed by atoms with Crippen molar-refractivity contribution < 1.29 is 4.52 Å². The predicted molar refractivity (Wildman–Crippen MR) is 63.8 cm³/mol. The highest BCUT2D eigenvalue weighted by Crippen LogP contribution is 2.23. The molecule has 1 aromatic heterocycles. The van der Waals surface area contributed by atoms with Gasteiger partial charge in [0.25, 0.3) is 0 Å². The molecule has 3 rings (SSSR count). The first kappa shape index (κ1) is 10.1. The molecule has 0 saturated carbocycles. The molecule has 0 amide bonds. The Morgan fingerprint density at radius 1 is 1.41 bits per heavy atom. The van der Waals surface area contributed by atoms with Crippen LogP contribution in [0.2, 0.25) is 0 Å². The van der Waals surface area contributed by atoms with E-state index in [1.807, 2.05) is 36.1 Å². The molecule has 0 fully saturated rings. The maximum Gasteiger partial charge on any atom is 0.156 e. The quantitative estimate of drug-likeness (QED) is 0.856. The highest BCUT2D eigenvalue weighted by molar-refractivity contribution is 6.00. The average molecular weight is 227 g/mol. The van der Waals surface area contributed by atoms with Gasteiger partial charge in [-0.25, -0.2) is 0 Å². The molecule has 1 N–H and O–H groups in total. The summed E-state index contributed by atoms with van der Waals surface area (Å²) in [5.41, 5.74) is 3.10. The molecule has 0 bridgehead atoms. The number of hydrogen-bond acceptors (Lipinski definition) is 3. The molecule has 2 heterocycles. The van der Waals surface area contributed by atoms with Crippen LogP contribution in [0.15, 0.2) is 34.9 Å². The molecule has 86 valence electrons. The van der Waals surface area contributed by atoms with E-state index in [1.54, 1.807) is 0 Å². The monoisotopic (exact) mass is 227 g/mol. The Hall–Kier alpha value is -2.10. The number of aryl methyl sites for hydroxylation is 1. The topological polar surface area (TPSA) is 53.1 Å².